The Kier molecular flexibility index (Phi) is 5.41. The minimum Gasteiger partial charge on any atom is -0.490 e. The number of nitrogens with zero attached hydrogens (tertiary/aromatic N) is 1. The second kappa shape index (κ2) is 7.29. The summed E-state index contributed by atoms with van der Waals surface area (Å²) in [6.07, 6.45) is 5.33. The van der Waals surface area contributed by atoms with E-state index in [0.29, 0.717) is 12.1 Å². The first kappa shape index (κ1) is 14.9. The monoisotopic (exact) mass is 277 g/mol. The van der Waals surface area contributed by atoms with Crippen molar-refractivity contribution in [1.82, 2.24) is 0 Å². The Morgan fingerprint density at radius 2 is 2.05 bits per heavy atom. The second-order valence-corrected chi connectivity index (χ2v) is 5.16. The molecular weight excluding hydrogens is 254 g/mol. The van der Waals surface area contributed by atoms with Crippen molar-refractivity contribution in [3.8, 4) is 5.75 Å². The summed E-state index contributed by atoms with van der Waals surface area (Å²) in [6.45, 7) is 1.97. The van der Waals surface area contributed by atoms with Crippen LogP contribution in [-0.4, -0.2) is 30.2 Å². The van der Waals surface area contributed by atoms with Crippen LogP contribution in [0, 0.1) is 0 Å². The van der Waals surface area contributed by atoms with Gasteiger partial charge in [0.1, 0.15) is 11.9 Å². The molecule has 1 saturated carbocycles. The molecule has 2 atom stereocenters. The third-order valence-corrected chi connectivity index (χ3v) is 3.86. The molecule has 1 fully saturated rings. The van der Waals surface area contributed by atoms with Gasteiger partial charge in [-0.05, 0) is 37.8 Å². The first-order valence-corrected chi connectivity index (χ1v) is 7.28. The normalized spacial score (nSPS) is 23.6. The molecule has 0 amide bonds. The van der Waals surface area contributed by atoms with Gasteiger partial charge in [-0.1, -0.05) is 24.2 Å². The van der Waals surface area contributed by atoms with Crippen molar-refractivity contribution >= 4 is 5.71 Å². The van der Waals surface area contributed by atoms with E-state index in [1.807, 2.05) is 31.2 Å². The average Bonchev–Trinajstić information content (AvgIpc) is 2.50. The van der Waals surface area contributed by atoms with Crippen molar-refractivity contribution in [3.63, 3.8) is 0 Å². The van der Waals surface area contributed by atoms with Crippen LogP contribution in [0.15, 0.2) is 29.4 Å². The van der Waals surface area contributed by atoms with Crippen LogP contribution < -0.4 is 4.74 Å². The van der Waals surface area contributed by atoms with E-state index in [1.54, 1.807) is 7.11 Å². The van der Waals surface area contributed by atoms with Crippen LogP contribution in [0.4, 0.5) is 0 Å². The predicted molar refractivity (Wildman–Crippen MR) is 78.7 cm³/mol. The van der Waals surface area contributed by atoms with Crippen LogP contribution in [0.1, 0.15) is 44.6 Å². The van der Waals surface area contributed by atoms with E-state index in [-0.39, 0.29) is 12.2 Å². The van der Waals surface area contributed by atoms with E-state index in [0.717, 1.165) is 37.0 Å². The third kappa shape index (κ3) is 3.51. The SMILES string of the molecule is CCC(=NO)c1ccccc1OC1CCCC(OC)C1. The van der Waals surface area contributed by atoms with E-state index >= 15 is 0 Å². The van der Waals surface area contributed by atoms with Crippen molar-refractivity contribution in [2.45, 2.75) is 51.2 Å². The summed E-state index contributed by atoms with van der Waals surface area (Å²) in [5, 5.41) is 12.5. The summed E-state index contributed by atoms with van der Waals surface area (Å²) in [7, 11) is 1.76. The molecule has 0 aromatic heterocycles. The molecule has 4 nitrogen and oxygen atoms in total. The quantitative estimate of drug-likeness (QED) is 0.508. The number of para-hydroxylation sites is 1. The molecule has 20 heavy (non-hydrogen) atoms. The minimum atomic E-state index is 0.173. The lowest BCUT2D eigenvalue weighted by atomic mass is 9.94. The molecule has 2 rings (SSSR count). The van der Waals surface area contributed by atoms with Gasteiger partial charge in [0.15, 0.2) is 0 Å². The minimum absolute atomic E-state index is 0.173. The maximum absolute atomic E-state index is 9.10. The Balaban J connectivity index is 2.13. The molecule has 4 heteroatoms. The largest absolute Gasteiger partial charge is 0.490 e. The molecule has 0 heterocycles. The number of hydrogen-bond donors (Lipinski definition) is 1. The zero-order chi connectivity index (χ0) is 14.4. The van der Waals surface area contributed by atoms with E-state index in [2.05, 4.69) is 5.16 Å². The molecular formula is C16H23NO3. The van der Waals surface area contributed by atoms with Crippen molar-refractivity contribution < 1.29 is 14.7 Å². The molecule has 0 spiro atoms. The van der Waals surface area contributed by atoms with Crippen LogP contribution in [0.25, 0.3) is 0 Å². The summed E-state index contributed by atoms with van der Waals surface area (Å²) in [6, 6.07) is 7.75. The summed E-state index contributed by atoms with van der Waals surface area (Å²) >= 11 is 0. The van der Waals surface area contributed by atoms with Crippen LogP contribution in [0.5, 0.6) is 5.75 Å². The van der Waals surface area contributed by atoms with Gasteiger partial charge < -0.3 is 14.7 Å². The number of oxime groups is 1. The van der Waals surface area contributed by atoms with Gasteiger partial charge >= 0.3 is 0 Å². The molecule has 0 radical (unpaired) electrons. The van der Waals surface area contributed by atoms with Gasteiger partial charge in [0.2, 0.25) is 0 Å². The molecule has 1 aromatic rings. The summed E-state index contributed by atoms with van der Waals surface area (Å²) < 4.78 is 11.6. The van der Waals surface area contributed by atoms with E-state index < -0.39 is 0 Å². The number of methoxy groups -OCH3 is 1. The number of rotatable bonds is 5. The van der Waals surface area contributed by atoms with Crippen LogP contribution in [0.3, 0.4) is 0 Å². The third-order valence-electron chi connectivity index (χ3n) is 3.86. The Morgan fingerprint density at radius 3 is 2.75 bits per heavy atom. The van der Waals surface area contributed by atoms with Gasteiger partial charge in [-0.15, -0.1) is 0 Å². The Hall–Kier alpha value is -1.55. The van der Waals surface area contributed by atoms with Crippen molar-refractivity contribution in [1.29, 1.82) is 0 Å². The highest BCUT2D eigenvalue weighted by atomic mass is 16.5. The highest BCUT2D eigenvalue weighted by Crippen LogP contribution is 2.28. The molecule has 0 aliphatic heterocycles. The first-order valence-electron chi connectivity index (χ1n) is 7.28. The van der Waals surface area contributed by atoms with Crippen LogP contribution >= 0.6 is 0 Å². The van der Waals surface area contributed by atoms with Gasteiger partial charge in [-0.25, -0.2) is 0 Å². The summed E-state index contributed by atoms with van der Waals surface area (Å²) in [5.41, 5.74) is 1.52. The first-order chi connectivity index (χ1) is 9.78. The Morgan fingerprint density at radius 1 is 1.30 bits per heavy atom. The van der Waals surface area contributed by atoms with Gasteiger partial charge in [-0.3, -0.25) is 0 Å². The topological polar surface area (TPSA) is 51.1 Å². The molecule has 1 N–H and O–H groups in total. The highest BCUT2D eigenvalue weighted by molar-refractivity contribution is 6.02. The lowest BCUT2D eigenvalue weighted by Crippen LogP contribution is -2.29. The standard InChI is InChI=1S/C16H23NO3/c1-3-15(17-18)14-9-4-5-10-16(14)20-13-8-6-7-12(11-13)19-2/h4-5,9-10,12-13,18H,3,6-8,11H2,1-2H3. The maximum Gasteiger partial charge on any atom is 0.128 e. The predicted octanol–water partition coefficient (Wildman–Crippen LogP) is 3.61. The Labute approximate surface area is 120 Å². The number of hydrogen-bond acceptors (Lipinski definition) is 4. The summed E-state index contributed by atoms with van der Waals surface area (Å²) in [4.78, 5) is 0. The van der Waals surface area contributed by atoms with E-state index in [1.165, 1.54) is 0 Å². The molecule has 0 saturated heterocycles. The average molecular weight is 277 g/mol. The molecule has 1 aliphatic rings. The zero-order valence-corrected chi connectivity index (χ0v) is 12.2. The van der Waals surface area contributed by atoms with Crippen molar-refractivity contribution in [3.05, 3.63) is 29.8 Å². The lowest BCUT2D eigenvalue weighted by Gasteiger charge is -2.29. The zero-order valence-electron chi connectivity index (χ0n) is 12.2. The van der Waals surface area contributed by atoms with Gasteiger partial charge in [0.05, 0.1) is 11.8 Å². The molecule has 0 bridgehead atoms. The van der Waals surface area contributed by atoms with E-state index in [9.17, 15) is 0 Å². The number of benzene rings is 1. The lowest BCUT2D eigenvalue weighted by molar-refractivity contribution is 0.0209. The van der Waals surface area contributed by atoms with Crippen molar-refractivity contribution in [2.24, 2.45) is 5.16 Å². The van der Waals surface area contributed by atoms with E-state index in [4.69, 9.17) is 14.7 Å². The second-order valence-electron chi connectivity index (χ2n) is 5.16. The maximum atomic E-state index is 9.10. The fourth-order valence-corrected chi connectivity index (χ4v) is 2.73. The van der Waals surface area contributed by atoms with Gasteiger partial charge in [-0.2, -0.15) is 0 Å². The fourth-order valence-electron chi connectivity index (χ4n) is 2.73. The van der Waals surface area contributed by atoms with Gasteiger partial charge in [0.25, 0.3) is 0 Å². The Bertz CT molecular complexity index is 459. The molecule has 110 valence electrons. The smallest absolute Gasteiger partial charge is 0.128 e. The molecule has 1 aromatic carbocycles. The number of ether oxygens (including phenoxy) is 2. The van der Waals surface area contributed by atoms with Crippen LogP contribution in [-0.2, 0) is 4.74 Å². The summed E-state index contributed by atoms with van der Waals surface area (Å²) in [5.74, 6) is 0.795. The van der Waals surface area contributed by atoms with Gasteiger partial charge in [0, 0.05) is 19.1 Å². The van der Waals surface area contributed by atoms with Crippen LogP contribution in [0.2, 0.25) is 0 Å². The fraction of sp³-hybridized carbons (Fsp3) is 0.562. The van der Waals surface area contributed by atoms with Crippen molar-refractivity contribution in [2.75, 3.05) is 7.11 Å². The highest BCUT2D eigenvalue weighted by Gasteiger charge is 2.24. The molecule has 1 aliphatic carbocycles. The molecule has 2 unspecified atom stereocenters.